The van der Waals surface area contributed by atoms with Crippen LogP contribution in [0.3, 0.4) is 0 Å². The highest BCUT2D eigenvalue weighted by Gasteiger charge is 2.45. The van der Waals surface area contributed by atoms with Crippen molar-refractivity contribution in [2.24, 2.45) is 0 Å². The molecule has 0 bridgehead atoms. The summed E-state index contributed by atoms with van der Waals surface area (Å²) in [5.41, 5.74) is 1.82. The molecule has 7 unspecified atom stereocenters. The molecule has 5 rings (SSSR count). The number of methoxy groups -OCH3 is 1. The highest BCUT2D eigenvalue weighted by atomic mass is 16.7. The second kappa shape index (κ2) is 11.7. The van der Waals surface area contributed by atoms with E-state index in [9.17, 15) is 30.3 Å². The summed E-state index contributed by atoms with van der Waals surface area (Å²) in [7, 11) is 1.60. The smallest absolute Gasteiger partial charge is 0.338 e. The number of ether oxygens (including phenoxy) is 5. The molecular formula is C29H30O11. The topological polar surface area (TPSA) is 164 Å². The molecule has 2 aliphatic heterocycles. The predicted molar refractivity (Wildman–Crippen MR) is 138 cm³/mol. The summed E-state index contributed by atoms with van der Waals surface area (Å²) in [6, 6.07) is 17.1. The molecule has 0 saturated carbocycles. The van der Waals surface area contributed by atoms with Crippen LogP contribution in [0.25, 0.3) is 0 Å². The molecule has 2 aliphatic rings. The van der Waals surface area contributed by atoms with Gasteiger partial charge in [-0.1, -0.05) is 12.1 Å². The van der Waals surface area contributed by atoms with E-state index in [2.05, 4.69) is 0 Å². The van der Waals surface area contributed by atoms with Crippen LogP contribution in [0.4, 0.5) is 0 Å². The minimum Gasteiger partial charge on any atom is -0.508 e. The number of phenols is 2. The molecule has 0 amide bonds. The minimum atomic E-state index is -1.64. The maximum absolute atomic E-state index is 12.3. The molecule has 5 N–H and O–H groups in total. The summed E-state index contributed by atoms with van der Waals surface area (Å²) in [4.78, 5) is 12.3. The van der Waals surface area contributed by atoms with Crippen molar-refractivity contribution < 1.29 is 54.0 Å². The zero-order chi connectivity index (χ0) is 28.4. The first-order valence-corrected chi connectivity index (χ1v) is 12.7. The molecule has 0 aromatic heterocycles. The highest BCUT2D eigenvalue weighted by molar-refractivity contribution is 5.89. The number of hydrogen-bond donors (Lipinski definition) is 5. The number of phenolic OH excluding ortho intramolecular Hbond substituents is 2. The number of hydrogen-bond acceptors (Lipinski definition) is 11. The van der Waals surface area contributed by atoms with Crippen molar-refractivity contribution in [2.45, 2.75) is 49.3 Å². The van der Waals surface area contributed by atoms with E-state index in [1.807, 2.05) is 0 Å². The predicted octanol–water partition coefficient (Wildman–Crippen LogP) is 2.35. The standard InChI is InChI=1S/C29H30O11/c1-36-22-13-21(15-2-6-17(30)7-3-15)39-23-12-19(10-11-20(22)23)38-29-27(34)26(33)25(32)24(40-29)14-37-28(35)16-4-8-18(31)9-5-16/h2-12,21-22,24-27,29-34H,13-14H2,1H3. The van der Waals surface area contributed by atoms with Gasteiger partial charge >= 0.3 is 5.97 Å². The average Bonchev–Trinajstić information content (AvgIpc) is 2.96. The monoisotopic (exact) mass is 554 g/mol. The highest BCUT2D eigenvalue weighted by Crippen LogP contribution is 2.44. The largest absolute Gasteiger partial charge is 0.508 e. The van der Waals surface area contributed by atoms with Gasteiger partial charge in [-0.05, 0) is 54.1 Å². The summed E-state index contributed by atoms with van der Waals surface area (Å²) >= 11 is 0. The van der Waals surface area contributed by atoms with Gasteiger partial charge in [0.2, 0.25) is 6.29 Å². The Hall–Kier alpha value is -3.87. The van der Waals surface area contributed by atoms with Crippen LogP contribution in [-0.4, -0.2) is 75.9 Å². The first kappa shape index (κ1) is 27.7. The van der Waals surface area contributed by atoms with Gasteiger partial charge in [0.15, 0.2) is 0 Å². The maximum Gasteiger partial charge on any atom is 0.338 e. The van der Waals surface area contributed by atoms with Crippen molar-refractivity contribution in [3.63, 3.8) is 0 Å². The van der Waals surface area contributed by atoms with E-state index in [0.29, 0.717) is 12.2 Å². The second-order valence-electron chi connectivity index (χ2n) is 9.64. The van der Waals surface area contributed by atoms with Gasteiger partial charge in [-0.2, -0.15) is 0 Å². The third-order valence-electron chi connectivity index (χ3n) is 6.98. The summed E-state index contributed by atoms with van der Waals surface area (Å²) in [5.74, 6) is 0.148. The van der Waals surface area contributed by atoms with Crippen LogP contribution in [0.5, 0.6) is 23.0 Å². The van der Waals surface area contributed by atoms with Crippen molar-refractivity contribution in [3.8, 4) is 23.0 Å². The van der Waals surface area contributed by atoms with E-state index < -0.39 is 43.3 Å². The van der Waals surface area contributed by atoms with Gasteiger partial charge in [0, 0.05) is 25.2 Å². The molecule has 1 saturated heterocycles. The Bertz CT molecular complexity index is 1310. The molecule has 7 atom stereocenters. The molecule has 0 radical (unpaired) electrons. The van der Waals surface area contributed by atoms with E-state index in [1.54, 1.807) is 49.6 Å². The third-order valence-corrected chi connectivity index (χ3v) is 6.98. The van der Waals surface area contributed by atoms with E-state index >= 15 is 0 Å². The number of rotatable bonds is 7. The summed E-state index contributed by atoms with van der Waals surface area (Å²) < 4.78 is 28.6. The summed E-state index contributed by atoms with van der Waals surface area (Å²) in [6.07, 6.45) is -7.46. The molecule has 1 fully saturated rings. The molecular weight excluding hydrogens is 524 g/mol. The Kier molecular flexibility index (Phi) is 8.10. The molecule has 40 heavy (non-hydrogen) atoms. The van der Waals surface area contributed by atoms with Crippen molar-refractivity contribution in [2.75, 3.05) is 13.7 Å². The van der Waals surface area contributed by atoms with Crippen LogP contribution in [-0.2, 0) is 14.2 Å². The van der Waals surface area contributed by atoms with Gasteiger partial charge in [-0.3, -0.25) is 0 Å². The van der Waals surface area contributed by atoms with E-state index in [4.69, 9.17) is 23.7 Å². The SMILES string of the molecule is COC1CC(c2ccc(O)cc2)Oc2cc(OC3OC(COC(=O)c4ccc(O)cc4)C(O)C(O)C3O)ccc21. The van der Waals surface area contributed by atoms with E-state index in [0.717, 1.165) is 11.1 Å². The lowest BCUT2D eigenvalue weighted by Crippen LogP contribution is -2.60. The molecule has 11 heteroatoms. The third kappa shape index (κ3) is 5.83. The molecule has 212 valence electrons. The van der Waals surface area contributed by atoms with Crippen LogP contribution in [0, 0.1) is 0 Å². The Morgan fingerprint density at radius 2 is 1.57 bits per heavy atom. The number of esters is 1. The number of aliphatic hydroxyl groups excluding tert-OH is 3. The lowest BCUT2D eigenvalue weighted by Gasteiger charge is -2.40. The molecule has 11 nitrogen and oxygen atoms in total. The van der Waals surface area contributed by atoms with Gasteiger partial charge in [-0.15, -0.1) is 0 Å². The zero-order valence-electron chi connectivity index (χ0n) is 21.5. The number of carbonyl (C=O) groups excluding carboxylic acids is 1. The van der Waals surface area contributed by atoms with Crippen LogP contribution in [0.2, 0.25) is 0 Å². The number of benzene rings is 3. The van der Waals surface area contributed by atoms with Gasteiger partial charge < -0.3 is 49.2 Å². The quantitative estimate of drug-likeness (QED) is 0.272. The van der Waals surface area contributed by atoms with Gasteiger partial charge in [0.25, 0.3) is 0 Å². The number of aliphatic hydroxyl groups is 3. The lowest BCUT2D eigenvalue weighted by molar-refractivity contribution is -0.277. The Balaban J connectivity index is 1.29. The van der Waals surface area contributed by atoms with Crippen LogP contribution in [0.15, 0.2) is 66.7 Å². The maximum atomic E-state index is 12.3. The van der Waals surface area contributed by atoms with Crippen molar-refractivity contribution in [1.29, 1.82) is 0 Å². The fourth-order valence-corrected chi connectivity index (χ4v) is 4.72. The van der Waals surface area contributed by atoms with Crippen molar-refractivity contribution in [1.82, 2.24) is 0 Å². The molecule has 0 spiro atoms. The molecule has 0 aliphatic carbocycles. The first-order chi connectivity index (χ1) is 19.2. The van der Waals surface area contributed by atoms with Crippen molar-refractivity contribution >= 4 is 5.97 Å². The Labute approximate surface area is 229 Å². The average molecular weight is 555 g/mol. The van der Waals surface area contributed by atoms with Crippen LogP contribution in [0.1, 0.15) is 40.1 Å². The molecule has 3 aromatic rings. The summed E-state index contributed by atoms with van der Waals surface area (Å²) in [6.45, 7) is -0.429. The molecule has 2 heterocycles. The number of aromatic hydroxyl groups is 2. The normalized spacial score (nSPS) is 27.8. The first-order valence-electron chi connectivity index (χ1n) is 12.7. The van der Waals surface area contributed by atoms with Crippen molar-refractivity contribution in [3.05, 3.63) is 83.4 Å². The number of carbonyl (C=O) groups is 1. The van der Waals surface area contributed by atoms with E-state index in [1.165, 1.54) is 24.3 Å². The Morgan fingerprint density at radius 3 is 2.25 bits per heavy atom. The van der Waals surface area contributed by atoms with Gasteiger partial charge in [0.05, 0.1) is 11.7 Å². The lowest BCUT2D eigenvalue weighted by atomic mass is 9.94. The Morgan fingerprint density at radius 1 is 0.900 bits per heavy atom. The summed E-state index contributed by atoms with van der Waals surface area (Å²) in [5, 5.41) is 50.4. The van der Waals surface area contributed by atoms with Gasteiger partial charge in [0.1, 0.15) is 60.1 Å². The fraction of sp³-hybridized carbons (Fsp3) is 0.345. The number of fused-ring (bicyclic) bond motifs is 1. The van der Waals surface area contributed by atoms with Crippen LogP contribution < -0.4 is 9.47 Å². The van der Waals surface area contributed by atoms with Crippen LogP contribution >= 0.6 is 0 Å². The molecule has 3 aromatic carbocycles. The second-order valence-corrected chi connectivity index (χ2v) is 9.64. The van der Waals surface area contributed by atoms with E-state index in [-0.39, 0.29) is 35.0 Å². The van der Waals surface area contributed by atoms with Gasteiger partial charge in [-0.25, -0.2) is 4.79 Å². The zero-order valence-corrected chi connectivity index (χ0v) is 21.5. The fourth-order valence-electron chi connectivity index (χ4n) is 4.72. The minimum absolute atomic E-state index is 0.0131.